The van der Waals surface area contributed by atoms with Crippen molar-refractivity contribution in [2.45, 2.75) is 52.4 Å². The minimum Gasteiger partial charge on any atom is -0.494 e. The molecule has 0 heterocycles. The highest BCUT2D eigenvalue weighted by Gasteiger charge is 2.25. The van der Waals surface area contributed by atoms with Gasteiger partial charge in [0.2, 0.25) is 0 Å². The minimum atomic E-state index is -0.398. The summed E-state index contributed by atoms with van der Waals surface area (Å²) in [7, 11) is 1.63. The van der Waals surface area contributed by atoms with E-state index in [-0.39, 0.29) is 16.5 Å². The van der Waals surface area contributed by atoms with Gasteiger partial charge < -0.3 is 4.74 Å². The molecule has 0 radical (unpaired) electrons. The largest absolute Gasteiger partial charge is 0.494 e. The quantitative estimate of drug-likeness (QED) is 0.380. The number of nitro benzene ring substituents is 1. The smallest absolute Gasteiger partial charge is 0.278 e. The lowest BCUT2D eigenvalue weighted by atomic mass is 9.79. The molecule has 0 fully saturated rings. The van der Waals surface area contributed by atoms with E-state index in [1.807, 2.05) is 6.07 Å². The molecule has 0 bridgehead atoms. The summed E-state index contributed by atoms with van der Waals surface area (Å²) in [5.74, 6) is 0.699. The lowest BCUT2D eigenvalue weighted by molar-refractivity contribution is -0.385. The van der Waals surface area contributed by atoms with Crippen molar-refractivity contribution in [1.82, 2.24) is 0 Å². The number of methoxy groups -OCH3 is 1. The minimum absolute atomic E-state index is 0.0308. The number of nitro groups is 1. The van der Waals surface area contributed by atoms with Crippen molar-refractivity contribution in [2.24, 2.45) is 4.99 Å². The maximum atomic E-state index is 11.2. The average Bonchev–Trinajstić information content (AvgIpc) is 2.57. The number of nitrogens with zero attached hydrogens (tertiary/aromatic N) is 2. The van der Waals surface area contributed by atoms with Crippen molar-refractivity contribution in [3.05, 3.63) is 63.2 Å². The van der Waals surface area contributed by atoms with Crippen LogP contribution in [0.25, 0.3) is 0 Å². The molecule has 0 saturated carbocycles. The van der Waals surface area contributed by atoms with E-state index >= 15 is 0 Å². The molecule has 5 heteroatoms. The first-order valence-electron chi connectivity index (χ1n) is 8.95. The van der Waals surface area contributed by atoms with Crippen LogP contribution in [0.5, 0.6) is 5.75 Å². The predicted molar refractivity (Wildman–Crippen MR) is 111 cm³/mol. The molecule has 0 aliphatic heterocycles. The third kappa shape index (κ3) is 4.73. The van der Waals surface area contributed by atoms with Gasteiger partial charge in [-0.2, -0.15) is 0 Å². The molecule has 0 saturated heterocycles. The van der Waals surface area contributed by atoms with Crippen LogP contribution in [0.15, 0.2) is 41.4 Å². The van der Waals surface area contributed by atoms with Crippen LogP contribution < -0.4 is 4.74 Å². The SMILES string of the molecule is COc1c(N=Cc2ccccc2[N+](=O)[O-])cc(C(C)(C)C)cc1C(C)(C)C. The Morgan fingerprint density at radius 3 is 2.19 bits per heavy atom. The highest BCUT2D eigenvalue weighted by Crippen LogP contribution is 2.42. The predicted octanol–water partition coefficient (Wildman–Crippen LogP) is 5.95. The topological polar surface area (TPSA) is 64.7 Å². The van der Waals surface area contributed by atoms with Crippen LogP contribution in [0.3, 0.4) is 0 Å². The fraction of sp³-hybridized carbons (Fsp3) is 0.409. The molecule has 0 unspecified atom stereocenters. The molecule has 2 aromatic carbocycles. The molecule has 0 N–H and O–H groups in total. The molecular weight excluding hydrogens is 340 g/mol. The van der Waals surface area contributed by atoms with Crippen molar-refractivity contribution >= 4 is 17.6 Å². The molecule has 27 heavy (non-hydrogen) atoms. The third-order valence-corrected chi connectivity index (χ3v) is 4.42. The molecule has 0 aliphatic carbocycles. The first-order chi connectivity index (χ1) is 12.4. The second kappa shape index (κ2) is 7.51. The van der Waals surface area contributed by atoms with E-state index in [4.69, 9.17) is 4.74 Å². The fourth-order valence-corrected chi connectivity index (χ4v) is 2.82. The number of para-hydroxylation sites is 1. The highest BCUT2D eigenvalue weighted by molar-refractivity contribution is 5.87. The van der Waals surface area contributed by atoms with Crippen LogP contribution in [0.1, 0.15) is 58.2 Å². The van der Waals surface area contributed by atoms with Crippen LogP contribution in [0.2, 0.25) is 0 Å². The third-order valence-electron chi connectivity index (χ3n) is 4.42. The van der Waals surface area contributed by atoms with Crippen LogP contribution >= 0.6 is 0 Å². The van der Waals surface area contributed by atoms with E-state index < -0.39 is 4.92 Å². The van der Waals surface area contributed by atoms with Crippen molar-refractivity contribution < 1.29 is 9.66 Å². The first-order valence-corrected chi connectivity index (χ1v) is 8.95. The fourth-order valence-electron chi connectivity index (χ4n) is 2.82. The molecule has 0 spiro atoms. The standard InChI is InChI=1S/C22H28N2O3/c1-21(2,3)16-12-17(22(4,5)6)20(27-7)18(13-16)23-14-15-10-8-9-11-19(15)24(25)26/h8-14H,1-7H3. The van der Waals surface area contributed by atoms with E-state index in [9.17, 15) is 10.1 Å². The van der Waals surface area contributed by atoms with Gasteiger partial charge in [0, 0.05) is 17.8 Å². The van der Waals surface area contributed by atoms with E-state index in [0.717, 1.165) is 11.1 Å². The van der Waals surface area contributed by atoms with Crippen molar-refractivity contribution in [3.63, 3.8) is 0 Å². The number of ether oxygens (including phenoxy) is 1. The van der Waals surface area contributed by atoms with Crippen molar-refractivity contribution in [3.8, 4) is 5.75 Å². The molecule has 0 amide bonds. The maximum absolute atomic E-state index is 11.2. The summed E-state index contributed by atoms with van der Waals surface area (Å²) in [5.41, 5.74) is 3.18. The number of hydrogen-bond acceptors (Lipinski definition) is 4. The Bertz CT molecular complexity index is 872. The second-order valence-electron chi connectivity index (χ2n) is 8.65. The van der Waals surface area contributed by atoms with Gasteiger partial charge in [0.15, 0.2) is 0 Å². The molecule has 0 aromatic heterocycles. The number of hydrogen-bond donors (Lipinski definition) is 0. The van der Waals surface area contributed by atoms with Crippen molar-refractivity contribution in [2.75, 3.05) is 7.11 Å². The first kappa shape index (κ1) is 20.6. The summed E-state index contributed by atoms with van der Waals surface area (Å²) < 4.78 is 5.69. The molecule has 0 aliphatic rings. The Hall–Kier alpha value is -2.69. The van der Waals surface area contributed by atoms with Gasteiger partial charge >= 0.3 is 0 Å². The van der Waals surface area contributed by atoms with Gasteiger partial charge in [0.05, 0.1) is 17.6 Å². The summed E-state index contributed by atoms with van der Waals surface area (Å²) in [5, 5.41) is 11.2. The Kier molecular flexibility index (Phi) is 5.73. The summed E-state index contributed by atoms with van der Waals surface area (Å²) in [6.45, 7) is 12.8. The molecule has 2 rings (SSSR count). The normalized spacial score (nSPS) is 12.4. The van der Waals surface area contributed by atoms with Gasteiger partial charge in [0.1, 0.15) is 11.4 Å². The summed E-state index contributed by atoms with van der Waals surface area (Å²) in [4.78, 5) is 15.4. The average molecular weight is 368 g/mol. The van der Waals surface area contributed by atoms with Crippen LogP contribution in [-0.4, -0.2) is 18.2 Å². The van der Waals surface area contributed by atoms with Crippen LogP contribution in [-0.2, 0) is 10.8 Å². The maximum Gasteiger partial charge on any atom is 0.278 e. The van der Waals surface area contributed by atoms with Gasteiger partial charge in [-0.25, -0.2) is 0 Å². The van der Waals surface area contributed by atoms with E-state index in [0.29, 0.717) is 17.0 Å². The second-order valence-corrected chi connectivity index (χ2v) is 8.65. The number of benzene rings is 2. The van der Waals surface area contributed by atoms with Gasteiger partial charge in [-0.05, 0) is 28.5 Å². The van der Waals surface area contributed by atoms with Gasteiger partial charge in [0.25, 0.3) is 5.69 Å². The monoisotopic (exact) mass is 368 g/mol. The Morgan fingerprint density at radius 1 is 1.04 bits per heavy atom. The number of rotatable bonds is 4. The summed E-state index contributed by atoms with van der Waals surface area (Å²) in [6.07, 6.45) is 1.54. The number of aliphatic imine (C=N–C) groups is 1. The molecular formula is C22H28N2O3. The summed E-state index contributed by atoms with van der Waals surface area (Å²) >= 11 is 0. The zero-order chi connectivity index (χ0) is 20.4. The lowest BCUT2D eigenvalue weighted by Crippen LogP contribution is -2.17. The van der Waals surface area contributed by atoms with Crippen LogP contribution in [0.4, 0.5) is 11.4 Å². The zero-order valence-electron chi connectivity index (χ0n) is 17.2. The van der Waals surface area contributed by atoms with Crippen LogP contribution in [0, 0.1) is 10.1 Å². The van der Waals surface area contributed by atoms with E-state index in [1.54, 1.807) is 25.3 Å². The van der Waals surface area contributed by atoms with Gasteiger partial charge in [-0.1, -0.05) is 59.7 Å². The Labute approximate surface area is 161 Å². The molecule has 144 valence electrons. The molecule has 0 atom stereocenters. The van der Waals surface area contributed by atoms with Gasteiger partial charge in [-0.3, -0.25) is 15.1 Å². The van der Waals surface area contributed by atoms with Crippen molar-refractivity contribution in [1.29, 1.82) is 0 Å². The Balaban J connectivity index is 2.67. The Morgan fingerprint density at radius 2 is 1.67 bits per heavy atom. The lowest BCUT2D eigenvalue weighted by Gasteiger charge is -2.27. The van der Waals surface area contributed by atoms with E-state index in [1.165, 1.54) is 12.3 Å². The van der Waals surface area contributed by atoms with E-state index in [2.05, 4.69) is 52.6 Å². The summed E-state index contributed by atoms with van der Waals surface area (Å²) in [6, 6.07) is 10.7. The molecule has 2 aromatic rings. The zero-order valence-corrected chi connectivity index (χ0v) is 17.2. The highest BCUT2D eigenvalue weighted by atomic mass is 16.6. The molecule has 5 nitrogen and oxygen atoms in total. The van der Waals surface area contributed by atoms with Gasteiger partial charge in [-0.15, -0.1) is 0 Å².